The van der Waals surface area contributed by atoms with E-state index < -0.39 is 0 Å². The van der Waals surface area contributed by atoms with E-state index >= 15 is 0 Å². The van der Waals surface area contributed by atoms with Gasteiger partial charge in [0.05, 0.1) is 31.4 Å². The van der Waals surface area contributed by atoms with E-state index in [0.717, 1.165) is 10.0 Å². The molecule has 0 radical (unpaired) electrons. The SMILES string of the molecule is COc1cc(CN)cc(Br)c1OCCOCCO. The summed E-state index contributed by atoms with van der Waals surface area (Å²) in [4.78, 5) is 0. The third-order valence-electron chi connectivity index (χ3n) is 2.23. The Morgan fingerprint density at radius 3 is 2.67 bits per heavy atom. The standard InChI is InChI=1S/C12H18BrNO4/c1-16-11-7-9(8-14)6-10(13)12(11)18-5-4-17-3-2-15/h6-7,15H,2-5,8,14H2,1H3. The third-order valence-corrected chi connectivity index (χ3v) is 2.82. The van der Waals surface area contributed by atoms with Crippen molar-refractivity contribution in [1.29, 1.82) is 0 Å². The van der Waals surface area contributed by atoms with Crippen LogP contribution in [0.1, 0.15) is 5.56 Å². The first-order chi connectivity index (χ1) is 8.72. The highest BCUT2D eigenvalue weighted by Gasteiger charge is 2.11. The summed E-state index contributed by atoms with van der Waals surface area (Å²) in [5, 5.41) is 8.56. The van der Waals surface area contributed by atoms with Crippen molar-refractivity contribution >= 4 is 15.9 Å². The number of hydrogen-bond donors (Lipinski definition) is 2. The Kier molecular flexibility index (Phi) is 7.04. The van der Waals surface area contributed by atoms with Crippen molar-refractivity contribution in [3.8, 4) is 11.5 Å². The van der Waals surface area contributed by atoms with Gasteiger partial charge in [-0.05, 0) is 33.6 Å². The van der Waals surface area contributed by atoms with Gasteiger partial charge >= 0.3 is 0 Å². The Bertz CT molecular complexity index is 373. The number of nitrogens with two attached hydrogens (primary N) is 1. The molecule has 3 N–H and O–H groups in total. The summed E-state index contributed by atoms with van der Waals surface area (Å²) in [7, 11) is 1.58. The average Bonchev–Trinajstić information content (AvgIpc) is 2.39. The fraction of sp³-hybridized carbons (Fsp3) is 0.500. The lowest BCUT2D eigenvalue weighted by Crippen LogP contribution is -2.10. The lowest BCUT2D eigenvalue weighted by atomic mass is 10.2. The molecule has 0 aromatic heterocycles. The van der Waals surface area contributed by atoms with Gasteiger partial charge in [0, 0.05) is 6.54 Å². The minimum atomic E-state index is 0.0121. The second kappa shape index (κ2) is 8.31. The molecule has 0 fully saturated rings. The summed E-state index contributed by atoms with van der Waals surface area (Å²) in [6.45, 7) is 1.56. The first kappa shape index (κ1) is 15.2. The largest absolute Gasteiger partial charge is 0.493 e. The molecule has 0 unspecified atom stereocenters. The van der Waals surface area contributed by atoms with Gasteiger partial charge in [0.25, 0.3) is 0 Å². The van der Waals surface area contributed by atoms with Gasteiger partial charge < -0.3 is 25.1 Å². The Morgan fingerprint density at radius 2 is 2.06 bits per heavy atom. The summed E-state index contributed by atoms with van der Waals surface area (Å²) in [5.74, 6) is 1.26. The molecule has 18 heavy (non-hydrogen) atoms. The molecule has 0 saturated carbocycles. The van der Waals surface area contributed by atoms with Crippen LogP contribution in [0.3, 0.4) is 0 Å². The summed E-state index contributed by atoms with van der Waals surface area (Å²) >= 11 is 3.42. The van der Waals surface area contributed by atoms with E-state index in [2.05, 4.69) is 15.9 Å². The van der Waals surface area contributed by atoms with Crippen LogP contribution in [-0.4, -0.2) is 38.6 Å². The fourth-order valence-corrected chi connectivity index (χ4v) is 2.00. The number of rotatable bonds is 8. The van der Waals surface area contributed by atoms with Crippen molar-refractivity contribution in [2.75, 3.05) is 33.5 Å². The lowest BCUT2D eigenvalue weighted by molar-refractivity contribution is 0.0697. The van der Waals surface area contributed by atoms with Gasteiger partial charge in [-0.2, -0.15) is 0 Å². The Hall–Kier alpha value is -0.820. The van der Waals surface area contributed by atoms with Gasteiger partial charge in [-0.3, -0.25) is 0 Å². The van der Waals surface area contributed by atoms with E-state index in [0.29, 0.717) is 37.9 Å². The molecule has 102 valence electrons. The second-order valence-corrected chi connectivity index (χ2v) is 4.35. The maximum atomic E-state index is 8.56. The number of ether oxygens (including phenoxy) is 3. The Balaban J connectivity index is 2.63. The second-order valence-electron chi connectivity index (χ2n) is 3.50. The molecule has 0 atom stereocenters. The van der Waals surface area contributed by atoms with Crippen LogP contribution in [0.2, 0.25) is 0 Å². The fourth-order valence-electron chi connectivity index (χ4n) is 1.40. The first-order valence-corrected chi connectivity index (χ1v) is 6.40. The van der Waals surface area contributed by atoms with E-state index in [9.17, 15) is 0 Å². The van der Waals surface area contributed by atoms with Gasteiger partial charge in [-0.1, -0.05) is 0 Å². The molecule has 0 bridgehead atoms. The normalized spacial score (nSPS) is 10.4. The van der Waals surface area contributed by atoms with Crippen LogP contribution in [0.25, 0.3) is 0 Å². The Morgan fingerprint density at radius 1 is 1.28 bits per heavy atom. The molecule has 5 nitrogen and oxygen atoms in total. The number of aliphatic hydroxyl groups excluding tert-OH is 1. The number of aliphatic hydroxyl groups is 1. The summed E-state index contributed by atoms with van der Waals surface area (Å²) in [5.41, 5.74) is 6.55. The van der Waals surface area contributed by atoms with Gasteiger partial charge in [0.15, 0.2) is 11.5 Å². The van der Waals surface area contributed by atoms with Crippen LogP contribution in [0, 0.1) is 0 Å². The van der Waals surface area contributed by atoms with Crippen LogP contribution < -0.4 is 15.2 Å². The molecule has 0 aliphatic heterocycles. The number of methoxy groups -OCH3 is 1. The first-order valence-electron chi connectivity index (χ1n) is 5.60. The monoisotopic (exact) mass is 319 g/mol. The summed E-state index contributed by atoms with van der Waals surface area (Å²) in [6, 6.07) is 3.74. The van der Waals surface area contributed by atoms with Crippen molar-refractivity contribution in [2.24, 2.45) is 5.73 Å². The van der Waals surface area contributed by atoms with E-state index in [1.807, 2.05) is 12.1 Å². The number of hydrogen-bond acceptors (Lipinski definition) is 5. The maximum Gasteiger partial charge on any atom is 0.175 e. The minimum Gasteiger partial charge on any atom is -0.493 e. The van der Waals surface area contributed by atoms with Crippen molar-refractivity contribution in [1.82, 2.24) is 0 Å². The lowest BCUT2D eigenvalue weighted by Gasteiger charge is -2.14. The smallest absolute Gasteiger partial charge is 0.175 e. The quantitative estimate of drug-likeness (QED) is 0.707. The van der Waals surface area contributed by atoms with Crippen molar-refractivity contribution in [2.45, 2.75) is 6.54 Å². The van der Waals surface area contributed by atoms with Gasteiger partial charge in [-0.25, -0.2) is 0 Å². The molecular weight excluding hydrogens is 302 g/mol. The summed E-state index contributed by atoms with van der Waals surface area (Å²) < 4.78 is 16.7. The molecule has 0 aliphatic carbocycles. The van der Waals surface area contributed by atoms with E-state index in [-0.39, 0.29) is 6.61 Å². The zero-order valence-corrected chi connectivity index (χ0v) is 11.9. The van der Waals surface area contributed by atoms with Crippen molar-refractivity contribution in [3.05, 3.63) is 22.2 Å². The molecule has 0 amide bonds. The van der Waals surface area contributed by atoms with Crippen LogP contribution in [0.5, 0.6) is 11.5 Å². The van der Waals surface area contributed by atoms with Gasteiger partial charge in [-0.15, -0.1) is 0 Å². The third kappa shape index (κ3) is 4.45. The van der Waals surface area contributed by atoms with Crippen LogP contribution in [0.4, 0.5) is 0 Å². The van der Waals surface area contributed by atoms with Crippen molar-refractivity contribution < 1.29 is 19.3 Å². The zero-order valence-electron chi connectivity index (χ0n) is 10.3. The van der Waals surface area contributed by atoms with E-state index in [4.69, 9.17) is 25.1 Å². The average molecular weight is 320 g/mol. The predicted octanol–water partition coefficient (Wildman–Crippen LogP) is 1.30. The molecule has 1 aromatic rings. The van der Waals surface area contributed by atoms with Crippen LogP contribution in [0.15, 0.2) is 16.6 Å². The molecule has 1 rings (SSSR count). The predicted molar refractivity (Wildman–Crippen MR) is 72.0 cm³/mol. The van der Waals surface area contributed by atoms with Gasteiger partial charge in [0.1, 0.15) is 6.61 Å². The maximum absolute atomic E-state index is 8.56. The van der Waals surface area contributed by atoms with Crippen LogP contribution >= 0.6 is 15.9 Å². The molecular formula is C12H18BrNO4. The number of halogens is 1. The van der Waals surface area contributed by atoms with E-state index in [1.54, 1.807) is 7.11 Å². The highest BCUT2D eigenvalue weighted by atomic mass is 79.9. The molecule has 0 saturated heterocycles. The topological polar surface area (TPSA) is 73.9 Å². The molecule has 0 aliphatic rings. The van der Waals surface area contributed by atoms with Gasteiger partial charge in [0.2, 0.25) is 0 Å². The van der Waals surface area contributed by atoms with E-state index in [1.165, 1.54) is 0 Å². The van der Waals surface area contributed by atoms with Crippen molar-refractivity contribution in [3.63, 3.8) is 0 Å². The molecule has 6 heteroatoms. The molecule has 0 spiro atoms. The van der Waals surface area contributed by atoms with Crippen LogP contribution in [-0.2, 0) is 11.3 Å². The zero-order chi connectivity index (χ0) is 13.4. The Labute approximate surface area is 115 Å². The highest BCUT2D eigenvalue weighted by molar-refractivity contribution is 9.10. The summed E-state index contributed by atoms with van der Waals surface area (Å²) in [6.07, 6.45) is 0. The molecule has 0 heterocycles. The highest BCUT2D eigenvalue weighted by Crippen LogP contribution is 2.36. The number of benzene rings is 1. The molecule has 1 aromatic carbocycles. The minimum absolute atomic E-state index is 0.0121.